The van der Waals surface area contributed by atoms with E-state index in [2.05, 4.69) is 42.3 Å². The monoisotopic (exact) mass is 461 g/mol. The summed E-state index contributed by atoms with van der Waals surface area (Å²) in [6.07, 6.45) is 7.85. The molecule has 5 heteroatoms. The second-order valence-corrected chi connectivity index (χ2v) is 10.5. The molecule has 2 aromatic carbocycles. The SMILES string of the molecule is COc1ccc(NC(=O)N2CCc3ccc4c(c3CC2)CCC4)cc1C1CCN(C(C)C)CC1. The number of likely N-dealkylation sites (tertiary alicyclic amines) is 1. The predicted octanol–water partition coefficient (Wildman–Crippen LogP) is 5.40. The third-order valence-corrected chi connectivity index (χ3v) is 8.25. The van der Waals surface area contributed by atoms with Gasteiger partial charge in [-0.2, -0.15) is 0 Å². The molecule has 0 aromatic heterocycles. The number of benzene rings is 2. The van der Waals surface area contributed by atoms with Crippen LogP contribution in [0.1, 0.15) is 66.8 Å². The number of nitrogens with zero attached hydrogens (tertiary/aromatic N) is 2. The molecule has 3 aliphatic rings. The average Bonchev–Trinajstić information content (AvgIpc) is 3.23. The van der Waals surface area contributed by atoms with Gasteiger partial charge in [0.25, 0.3) is 0 Å². The molecule has 5 nitrogen and oxygen atoms in total. The highest BCUT2D eigenvalue weighted by Gasteiger charge is 2.26. The Balaban J connectivity index is 1.26. The highest BCUT2D eigenvalue weighted by Crippen LogP contribution is 2.36. The molecule has 1 aliphatic carbocycles. The molecular formula is C29H39N3O2. The fourth-order valence-corrected chi connectivity index (χ4v) is 6.21. The lowest BCUT2D eigenvalue weighted by molar-refractivity contribution is 0.171. The van der Waals surface area contributed by atoms with Crippen molar-refractivity contribution in [2.24, 2.45) is 0 Å². The third kappa shape index (κ3) is 4.68. The van der Waals surface area contributed by atoms with E-state index in [0.717, 1.165) is 63.3 Å². The Morgan fingerprint density at radius 3 is 2.38 bits per heavy atom. The second kappa shape index (κ2) is 9.99. The van der Waals surface area contributed by atoms with Crippen LogP contribution in [0.5, 0.6) is 5.75 Å². The summed E-state index contributed by atoms with van der Waals surface area (Å²) in [7, 11) is 1.74. The van der Waals surface area contributed by atoms with Crippen molar-refractivity contribution < 1.29 is 9.53 Å². The molecular weight excluding hydrogens is 422 g/mol. The maximum Gasteiger partial charge on any atom is 0.321 e. The summed E-state index contributed by atoms with van der Waals surface area (Å²) in [4.78, 5) is 17.8. The number of amides is 2. The maximum absolute atomic E-state index is 13.2. The fraction of sp³-hybridized carbons (Fsp3) is 0.552. The van der Waals surface area contributed by atoms with Crippen molar-refractivity contribution in [3.8, 4) is 5.75 Å². The van der Waals surface area contributed by atoms with E-state index in [0.29, 0.717) is 12.0 Å². The van der Waals surface area contributed by atoms with Crippen LogP contribution in [0.25, 0.3) is 0 Å². The van der Waals surface area contributed by atoms with Crippen molar-refractivity contribution in [3.05, 3.63) is 58.1 Å². The van der Waals surface area contributed by atoms with Gasteiger partial charge in [0.1, 0.15) is 5.75 Å². The summed E-state index contributed by atoms with van der Waals surface area (Å²) in [5, 5.41) is 3.20. The Kier molecular flexibility index (Phi) is 6.82. The minimum Gasteiger partial charge on any atom is -0.496 e. The normalized spacial score (nSPS) is 19.0. The summed E-state index contributed by atoms with van der Waals surface area (Å²) in [5.41, 5.74) is 8.15. The molecule has 2 amide bonds. The third-order valence-electron chi connectivity index (χ3n) is 8.25. The van der Waals surface area contributed by atoms with Gasteiger partial charge in [-0.25, -0.2) is 4.79 Å². The second-order valence-electron chi connectivity index (χ2n) is 10.5. The molecule has 0 radical (unpaired) electrons. The lowest BCUT2D eigenvalue weighted by Gasteiger charge is -2.35. The first-order chi connectivity index (χ1) is 16.5. The molecule has 0 unspecified atom stereocenters. The Morgan fingerprint density at radius 1 is 0.941 bits per heavy atom. The van der Waals surface area contributed by atoms with Gasteiger partial charge >= 0.3 is 6.03 Å². The van der Waals surface area contributed by atoms with Gasteiger partial charge in [-0.05, 0) is 124 Å². The van der Waals surface area contributed by atoms with Crippen molar-refractivity contribution in [2.75, 3.05) is 38.6 Å². The standard InChI is InChI=1S/C29H39N3O2/c1-20(2)31-15-11-23(12-16-31)27-19-24(9-10-28(27)34-3)30-29(33)32-17-13-22-8-7-21-5-4-6-25(21)26(22)14-18-32/h7-10,19-20,23H,4-6,11-18H2,1-3H3,(H,30,33). The molecule has 1 N–H and O–H groups in total. The summed E-state index contributed by atoms with van der Waals surface area (Å²) in [5.74, 6) is 1.40. The van der Waals surface area contributed by atoms with Crippen LogP contribution in [0.15, 0.2) is 30.3 Å². The number of fused-ring (bicyclic) bond motifs is 3. The van der Waals surface area contributed by atoms with Crippen LogP contribution in [-0.2, 0) is 25.7 Å². The number of urea groups is 1. The van der Waals surface area contributed by atoms with Crippen molar-refractivity contribution in [1.29, 1.82) is 0 Å². The molecule has 1 saturated heterocycles. The van der Waals surface area contributed by atoms with Gasteiger partial charge in [0.05, 0.1) is 7.11 Å². The lowest BCUT2D eigenvalue weighted by Crippen LogP contribution is -2.38. The van der Waals surface area contributed by atoms with Gasteiger partial charge in [-0.3, -0.25) is 0 Å². The highest BCUT2D eigenvalue weighted by molar-refractivity contribution is 5.89. The Morgan fingerprint density at radius 2 is 1.65 bits per heavy atom. The molecule has 34 heavy (non-hydrogen) atoms. The molecule has 1 fully saturated rings. The maximum atomic E-state index is 13.2. The minimum atomic E-state index is 0.00944. The number of hydrogen-bond acceptors (Lipinski definition) is 3. The molecule has 182 valence electrons. The number of hydrogen-bond donors (Lipinski definition) is 1. The molecule has 0 bridgehead atoms. The van der Waals surface area contributed by atoms with E-state index in [-0.39, 0.29) is 6.03 Å². The average molecular weight is 462 g/mol. The number of ether oxygens (including phenoxy) is 1. The van der Waals surface area contributed by atoms with Crippen LogP contribution in [0.3, 0.4) is 0 Å². The Hall–Kier alpha value is -2.53. The van der Waals surface area contributed by atoms with Crippen molar-refractivity contribution >= 4 is 11.7 Å². The van der Waals surface area contributed by atoms with E-state index in [1.165, 1.54) is 41.5 Å². The number of piperidine rings is 1. The minimum absolute atomic E-state index is 0.00944. The number of rotatable bonds is 4. The van der Waals surface area contributed by atoms with Gasteiger partial charge in [0.15, 0.2) is 0 Å². The molecule has 2 heterocycles. The zero-order chi connectivity index (χ0) is 23.7. The van der Waals surface area contributed by atoms with Crippen molar-refractivity contribution in [1.82, 2.24) is 9.80 Å². The Bertz CT molecular complexity index is 1040. The molecule has 2 aromatic rings. The van der Waals surface area contributed by atoms with Crippen molar-refractivity contribution in [3.63, 3.8) is 0 Å². The molecule has 2 aliphatic heterocycles. The number of anilines is 1. The van der Waals surface area contributed by atoms with Crippen LogP contribution < -0.4 is 10.1 Å². The summed E-state index contributed by atoms with van der Waals surface area (Å²) in [6, 6.07) is 11.4. The number of carbonyl (C=O) groups is 1. The predicted molar refractivity (Wildman–Crippen MR) is 138 cm³/mol. The van der Waals surface area contributed by atoms with Crippen LogP contribution in [0.4, 0.5) is 10.5 Å². The van der Waals surface area contributed by atoms with Gasteiger partial charge in [0, 0.05) is 24.8 Å². The van der Waals surface area contributed by atoms with E-state index < -0.39 is 0 Å². The zero-order valence-corrected chi connectivity index (χ0v) is 21.0. The molecule has 5 rings (SSSR count). The first-order valence-electron chi connectivity index (χ1n) is 13.1. The van der Waals surface area contributed by atoms with E-state index in [9.17, 15) is 4.79 Å². The van der Waals surface area contributed by atoms with Crippen LogP contribution in [0.2, 0.25) is 0 Å². The van der Waals surface area contributed by atoms with Gasteiger partial charge in [-0.15, -0.1) is 0 Å². The number of methoxy groups -OCH3 is 1. The van der Waals surface area contributed by atoms with E-state index >= 15 is 0 Å². The zero-order valence-electron chi connectivity index (χ0n) is 21.0. The van der Waals surface area contributed by atoms with Gasteiger partial charge in [-0.1, -0.05) is 12.1 Å². The summed E-state index contributed by atoms with van der Waals surface area (Å²) < 4.78 is 5.70. The number of carbonyl (C=O) groups excluding carboxylic acids is 1. The smallest absolute Gasteiger partial charge is 0.321 e. The fourth-order valence-electron chi connectivity index (χ4n) is 6.21. The van der Waals surface area contributed by atoms with E-state index in [1.54, 1.807) is 12.7 Å². The highest BCUT2D eigenvalue weighted by atomic mass is 16.5. The van der Waals surface area contributed by atoms with Gasteiger partial charge < -0.3 is 19.9 Å². The first-order valence-corrected chi connectivity index (χ1v) is 13.1. The quantitative estimate of drug-likeness (QED) is 0.663. The van der Waals surface area contributed by atoms with Gasteiger partial charge in [0.2, 0.25) is 0 Å². The largest absolute Gasteiger partial charge is 0.496 e. The first kappa shape index (κ1) is 23.2. The van der Waals surface area contributed by atoms with Crippen LogP contribution in [0, 0.1) is 0 Å². The van der Waals surface area contributed by atoms with E-state index in [4.69, 9.17) is 4.74 Å². The molecule has 0 atom stereocenters. The van der Waals surface area contributed by atoms with Crippen LogP contribution >= 0.6 is 0 Å². The topological polar surface area (TPSA) is 44.8 Å². The summed E-state index contributed by atoms with van der Waals surface area (Å²) in [6.45, 7) is 8.32. The lowest BCUT2D eigenvalue weighted by atomic mass is 9.88. The summed E-state index contributed by atoms with van der Waals surface area (Å²) >= 11 is 0. The van der Waals surface area contributed by atoms with Crippen LogP contribution in [-0.4, -0.2) is 55.2 Å². The molecule has 0 spiro atoms. The van der Waals surface area contributed by atoms with E-state index in [1.807, 2.05) is 17.0 Å². The number of aryl methyl sites for hydroxylation is 1. The number of nitrogens with one attached hydrogen (secondary N) is 1. The molecule has 0 saturated carbocycles. The Labute approximate surface area is 204 Å². The van der Waals surface area contributed by atoms with Crippen molar-refractivity contribution in [2.45, 2.75) is 70.8 Å².